The van der Waals surface area contributed by atoms with Gasteiger partial charge in [0.1, 0.15) is 11.5 Å². The molecular weight excluding hydrogens is 362 g/mol. The summed E-state index contributed by atoms with van der Waals surface area (Å²) in [5, 5.41) is 14.8. The largest absolute Gasteiger partial charge is 0.507 e. The van der Waals surface area contributed by atoms with Gasteiger partial charge in [-0.05, 0) is 35.0 Å². The molecule has 5 aromatic rings. The van der Waals surface area contributed by atoms with Gasteiger partial charge in [0.15, 0.2) is 0 Å². The maximum Gasteiger partial charge on any atom is 0.308 e. The molecule has 0 radical (unpaired) electrons. The number of rotatable bonds is 2. The monoisotopic (exact) mass is 381 g/mol. The van der Waals surface area contributed by atoms with E-state index in [0.717, 1.165) is 38.1 Å². The third-order valence-corrected chi connectivity index (χ3v) is 5.45. The Hall–Kier alpha value is -3.79. The molecule has 0 amide bonds. The number of aryl methyl sites for hydroxylation is 1. The van der Waals surface area contributed by atoms with E-state index in [9.17, 15) is 9.90 Å². The molecule has 4 aromatic carbocycles. The molecule has 0 aliphatic carbocycles. The van der Waals surface area contributed by atoms with Crippen molar-refractivity contribution in [3.05, 3.63) is 72.8 Å². The Kier molecular flexibility index (Phi) is 3.81. The van der Waals surface area contributed by atoms with Gasteiger partial charge in [-0.15, -0.1) is 0 Å². The molecule has 4 heteroatoms. The van der Waals surface area contributed by atoms with Crippen LogP contribution >= 0.6 is 0 Å². The Labute approximate surface area is 167 Å². The molecule has 0 unspecified atom stereocenters. The SMILES string of the molecule is CC(=O)Oc1ccc2c(c1-c1c(O)ccc3ccccc13)c1ccccc1n2C. The molecular formula is C25H19NO3. The minimum atomic E-state index is -0.398. The number of nitrogens with zero attached hydrogens (tertiary/aromatic N) is 1. The summed E-state index contributed by atoms with van der Waals surface area (Å²) in [5.41, 5.74) is 3.47. The van der Waals surface area contributed by atoms with Crippen molar-refractivity contribution in [2.24, 2.45) is 7.05 Å². The molecule has 0 atom stereocenters. The highest BCUT2D eigenvalue weighted by Gasteiger charge is 2.22. The molecule has 0 aliphatic rings. The number of fused-ring (bicyclic) bond motifs is 4. The third kappa shape index (κ3) is 2.57. The number of esters is 1. The number of phenolic OH excluding ortho intramolecular Hbond substituents is 1. The Morgan fingerprint density at radius 1 is 0.828 bits per heavy atom. The van der Waals surface area contributed by atoms with Gasteiger partial charge in [0.2, 0.25) is 0 Å². The normalized spacial score (nSPS) is 11.4. The van der Waals surface area contributed by atoms with Crippen molar-refractivity contribution in [2.75, 3.05) is 0 Å². The Bertz CT molecular complexity index is 1430. The molecule has 142 valence electrons. The molecule has 0 saturated carbocycles. The lowest BCUT2D eigenvalue weighted by molar-refractivity contribution is -0.131. The van der Waals surface area contributed by atoms with Crippen molar-refractivity contribution in [2.45, 2.75) is 6.92 Å². The van der Waals surface area contributed by atoms with E-state index in [1.165, 1.54) is 6.92 Å². The fourth-order valence-corrected chi connectivity index (χ4v) is 4.24. The number of ether oxygens (including phenoxy) is 1. The molecule has 0 aliphatic heterocycles. The minimum Gasteiger partial charge on any atom is -0.507 e. The van der Waals surface area contributed by atoms with Crippen LogP contribution in [0.5, 0.6) is 11.5 Å². The topological polar surface area (TPSA) is 51.5 Å². The molecule has 0 saturated heterocycles. The van der Waals surface area contributed by atoms with Gasteiger partial charge in [0.25, 0.3) is 0 Å². The lowest BCUT2D eigenvalue weighted by Gasteiger charge is -2.15. The van der Waals surface area contributed by atoms with Crippen LogP contribution in [0.3, 0.4) is 0 Å². The van der Waals surface area contributed by atoms with Crippen LogP contribution in [0.4, 0.5) is 0 Å². The first-order valence-corrected chi connectivity index (χ1v) is 9.46. The van der Waals surface area contributed by atoms with Gasteiger partial charge >= 0.3 is 5.97 Å². The third-order valence-electron chi connectivity index (χ3n) is 5.45. The van der Waals surface area contributed by atoms with Crippen molar-refractivity contribution in [1.29, 1.82) is 0 Å². The van der Waals surface area contributed by atoms with Gasteiger partial charge < -0.3 is 14.4 Å². The first kappa shape index (κ1) is 17.3. The van der Waals surface area contributed by atoms with E-state index in [1.807, 2.05) is 55.6 Å². The summed E-state index contributed by atoms with van der Waals surface area (Å²) in [7, 11) is 2.02. The summed E-state index contributed by atoms with van der Waals surface area (Å²) in [6.07, 6.45) is 0. The van der Waals surface area contributed by atoms with Crippen LogP contribution in [0, 0.1) is 0 Å². The summed E-state index contributed by atoms with van der Waals surface area (Å²) < 4.78 is 7.73. The lowest BCUT2D eigenvalue weighted by Crippen LogP contribution is -2.03. The van der Waals surface area contributed by atoms with Crippen LogP contribution < -0.4 is 4.74 Å². The number of carbonyl (C=O) groups is 1. The van der Waals surface area contributed by atoms with Crippen molar-refractivity contribution < 1.29 is 14.6 Å². The standard InChI is InChI=1S/C25H19NO3/c1-15(27)29-22-14-12-20-23(18-9-5-6-10-19(18)26(20)2)25(22)24-17-8-4-3-7-16(17)11-13-21(24)28/h3-14,28H,1-2H3. The average Bonchev–Trinajstić information content (AvgIpc) is 3.01. The van der Waals surface area contributed by atoms with Crippen molar-refractivity contribution in [1.82, 2.24) is 4.57 Å². The number of hydrogen-bond acceptors (Lipinski definition) is 3. The first-order chi connectivity index (χ1) is 14.1. The van der Waals surface area contributed by atoms with Crippen LogP contribution in [-0.4, -0.2) is 15.6 Å². The predicted octanol–water partition coefficient (Wildman–Crippen LogP) is 5.78. The molecule has 1 N–H and O–H groups in total. The second-order valence-electron chi connectivity index (χ2n) is 7.18. The summed E-state index contributed by atoms with van der Waals surface area (Å²) in [6.45, 7) is 1.39. The van der Waals surface area contributed by atoms with E-state index >= 15 is 0 Å². The van der Waals surface area contributed by atoms with Gasteiger partial charge in [-0.25, -0.2) is 0 Å². The van der Waals surface area contributed by atoms with E-state index in [4.69, 9.17) is 4.74 Å². The number of benzene rings is 4. The summed E-state index contributed by atoms with van der Waals surface area (Å²) in [5.74, 6) is 0.191. The van der Waals surface area contributed by atoms with E-state index < -0.39 is 5.97 Å². The fourth-order valence-electron chi connectivity index (χ4n) is 4.24. The minimum absolute atomic E-state index is 0.150. The zero-order chi connectivity index (χ0) is 20.1. The van der Waals surface area contributed by atoms with E-state index in [2.05, 4.69) is 16.7 Å². The van der Waals surface area contributed by atoms with E-state index in [0.29, 0.717) is 11.3 Å². The maximum atomic E-state index is 11.9. The van der Waals surface area contributed by atoms with Gasteiger partial charge in [0.05, 0.1) is 0 Å². The molecule has 0 spiro atoms. The quantitative estimate of drug-likeness (QED) is 0.311. The molecule has 0 fully saturated rings. The first-order valence-electron chi connectivity index (χ1n) is 9.46. The van der Waals surface area contributed by atoms with Gasteiger partial charge in [-0.3, -0.25) is 4.79 Å². The smallest absolute Gasteiger partial charge is 0.308 e. The van der Waals surface area contributed by atoms with Crippen LogP contribution in [0.15, 0.2) is 72.8 Å². The van der Waals surface area contributed by atoms with Crippen LogP contribution in [0.1, 0.15) is 6.92 Å². The maximum absolute atomic E-state index is 11.9. The second-order valence-corrected chi connectivity index (χ2v) is 7.18. The average molecular weight is 381 g/mol. The molecule has 1 heterocycles. The molecule has 29 heavy (non-hydrogen) atoms. The number of hydrogen-bond donors (Lipinski definition) is 1. The Balaban J connectivity index is 2.04. The fraction of sp³-hybridized carbons (Fsp3) is 0.0800. The summed E-state index contributed by atoms with van der Waals surface area (Å²) in [6, 6.07) is 23.4. The highest BCUT2D eigenvalue weighted by atomic mass is 16.5. The predicted molar refractivity (Wildman–Crippen MR) is 116 cm³/mol. The zero-order valence-electron chi connectivity index (χ0n) is 16.1. The van der Waals surface area contributed by atoms with E-state index in [1.54, 1.807) is 12.1 Å². The number of aromatic hydroxyl groups is 1. The van der Waals surface area contributed by atoms with Crippen molar-refractivity contribution in [3.8, 4) is 22.6 Å². The van der Waals surface area contributed by atoms with Crippen LogP contribution in [0.2, 0.25) is 0 Å². The van der Waals surface area contributed by atoms with Gasteiger partial charge in [0, 0.05) is 46.9 Å². The van der Waals surface area contributed by atoms with Gasteiger partial charge in [-0.2, -0.15) is 0 Å². The zero-order valence-corrected chi connectivity index (χ0v) is 16.1. The lowest BCUT2D eigenvalue weighted by atomic mass is 9.93. The summed E-state index contributed by atoms with van der Waals surface area (Å²) >= 11 is 0. The second kappa shape index (κ2) is 6.38. The summed E-state index contributed by atoms with van der Waals surface area (Å²) in [4.78, 5) is 11.9. The number of aromatic nitrogens is 1. The Morgan fingerprint density at radius 3 is 2.34 bits per heavy atom. The van der Waals surface area contributed by atoms with Crippen LogP contribution in [0.25, 0.3) is 43.7 Å². The Morgan fingerprint density at radius 2 is 1.55 bits per heavy atom. The van der Waals surface area contributed by atoms with Crippen molar-refractivity contribution >= 4 is 38.5 Å². The molecule has 5 rings (SSSR count). The highest BCUT2D eigenvalue weighted by molar-refractivity contribution is 6.19. The molecule has 4 nitrogen and oxygen atoms in total. The number of phenols is 1. The number of carbonyl (C=O) groups excluding carboxylic acids is 1. The van der Waals surface area contributed by atoms with Gasteiger partial charge in [-0.1, -0.05) is 48.5 Å². The number of para-hydroxylation sites is 1. The van der Waals surface area contributed by atoms with E-state index in [-0.39, 0.29) is 5.75 Å². The van der Waals surface area contributed by atoms with Crippen LogP contribution in [-0.2, 0) is 11.8 Å². The molecule has 0 bridgehead atoms. The van der Waals surface area contributed by atoms with Crippen molar-refractivity contribution in [3.63, 3.8) is 0 Å². The highest BCUT2D eigenvalue weighted by Crippen LogP contribution is 2.47. The molecule has 1 aromatic heterocycles.